The van der Waals surface area contributed by atoms with Gasteiger partial charge in [0.15, 0.2) is 0 Å². The number of carboxylic acids is 1. The van der Waals surface area contributed by atoms with E-state index in [0.717, 1.165) is 12.4 Å². The van der Waals surface area contributed by atoms with Crippen molar-refractivity contribution in [2.24, 2.45) is 0 Å². The van der Waals surface area contributed by atoms with Crippen molar-refractivity contribution in [3.8, 4) is 0 Å². The van der Waals surface area contributed by atoms with E-state index in [9.17, 15) is 13.6 Å². The second-order valence-electron chi connectivity index (χ2n) is 2.22. The number of carbonyl (C=O) groups is 1. The van der Waals surface area contributed by atoms with Crippen molar-refractivity contribution in [3.05, 3.63) is 18.2 Å². The third-order valence-corrected chi connectivity index (χ3v) is 1.22. The standard InChI is InChI=1S/C6H5F2N3O2/c7-6(8,5(12)13)4-10-1-3(9)2-11-4/h1-2H,9H2,(H,12,13). The SMILES string of the molecule is Nc1cnc(C(F)(F)C(=O)O)nc1. The van der Waals surface area contributed by atoms with Crippen LogP contribution in [0.1, 0.15) is 5.82 Å². The molecule has 0 spiro atoms. The van der Waals surface area contributed by atoms with Crippen molar-refractivity contribution in [1.82, 2.24) is 9.97 Å². The van der Waals surface area contributed by atoms with E-state index in [1.165, 1.54) is 0 Å². The third kappa shape index (κ3) is 1.68. The first-order valence-corrected chi connectivity index (χ1v) is 3.14. The molecule has 0 aliphatic carbocycles. The molecule has 1 aromatic rings. The lowest BCUT2D eigenvalue weighted by atomic mass is 10.3. The van der Waals surface area contributed by atoms with E-state index in [4.69, 9.17) is 10.8 Å². The van der Waals surface area contributed by atoms with Gasteiger partial charge in [-0.3, -0.25) is 0 Å². The lowest BCUT2D eigenvalue weighted by Crippen LogP contribution is -2.27. The molecule has 13 heavy (non-hydrogen) atoms. The largest absolute Gasteiger partial charge is 0.476 e. The summed E-state index contributed by atoms with van der Waals surface area (Å²) in [6.45, 7) is 0. The van der Waals surface area contributed by atoms with Gasteiger partial charge in [-0.2, -0.15) is 8.78 Å². The molecule has 0 saturated heterocycles. The van der Waals surface area contributed by atoms with Gasteiger partial charge in [-0.15, -0.1) is 0 Å². The van der Waals surface area contributed by atoms with Gasteiger partial charge in [0.1, 0.15) is 0 Å². The molecular formula is C6H5F2N3O2. The average molecular weight is 189 g/mol. The zero-order chi connectivity index (χ0) is 10.1. The lowest BCUT2D eigenvalue weighted by molar-refractivity contribution is -0.167. The highest BCUT2D eigenvalue weighted by Gasteiger charge is 2.44. The molecule has 5 nitrogen and oxygen atoms in total. The van der Waals surface area contributed by atoms with Gasteiger partial charge in [0.25, 0.3) is 0 Å². The zero-order valence-electron chi connectivity index (χ0n) is 6.24. The van der Waals surface area contributed by atoms with E-state index in [2.05, 4.69) is 9.97 Å². The van der Waals surface area contributed by atoms with Gasteiger partial charge in [0, 0.05) is 0 Å². The van der Waals surface area contributed by atoms with Crippen LogP contribution in [-0.2, 0) is 10.7 Å². The number of carboxylic acid groups (broad SMARTS) is 1. The van der Waals surface area contributed by atoms with Gasteiger partial charge in [-0.1, -0.05) is 0 Å². The van der Waals surface area contributed by atoms with Crippen molar-refractivity contribution in [2.45, 2.75) is 5.92 Å². The fourth-order valence-electron chi connectivity index (χ4n) is 0.596. The summed E-state index contributed by atoms with van der Waals surface area (Å²) in [5.74, 6) is -7.44. The molecule has 0 atom stereocenters. The number of aliphatic carboxylic acids is 1. The summed E-state index contributed by atoms with van der Waals surface area (Å²) >= 11 is 0. The van der Waals surface area contributed by atoms with Crippen molar-refractivity contribution in [2.75, 3.05) is 5.73 Å². The predicted molar refractivity (Wildman–Crippen MR) is 38.0 cm³/mol. The van der Waals surface area contributed by atoms with Crippen LogP contribution in [0.3, 0.4) is 0 Å². The summed E-state index contributed by atoms with van der Waals surface area (Å²) in [4.78, 5) is 16.3. The van der Waals surface area contributed by atoms with Crippen LogP contribution in [0.15, 0.2) is 12.4 Å². The van der Waals surface area contributed by atoms with Gasteiger partial charge < -0.3 is 10.8 Å². The summed E-state index contributed by atoms with van der Waals surface area (Å²) in [5, 5.41) is 8.10. The molecule has 0 saturated carbocycles. The fourth-order valence-corrected chi connectivity index (χ4v) is 0.596. The molecule has 0 aliphatic rings. The maximum atomic E-state index is 12.6. The third-order valence-electron chi connectivity index (χ3n) is 1.22. The Morgan fingerprint density at radius 3 is 2.31 bits per heavy atom. The van der Waals surface area contributed by atoms with Crippen molar-refractivity contribution >= 4 is 11.7 Å². The van der Waals surface area contributed by atoms with Crippen LogP contribution in [0.2, 0.25) is 0 Å². The maximum absolute atomic E-state index is 12.6. The molecule has 7 heteroatoms. The number of hydrogen-bond donors (Lipinski definition) is 2. The molecule has 0 unspecified atom stereocenters. The van der Waals surface area contributed by atoms with Gasteiger partial charge >= 0.3 is 11.9 Å². The Bertz CT molecular complexity index is 325. The van der Waals surface area contributed by atoms with Gasteiger partial charge in [-0.05, 0) is 0 Å². The smallest absolute Gasteiger partial charge is 0.400 e. The molecule has 70 valence electrons. The Hall–Kier alpha value is -1.79. The Morgan fingerprint density at radius 2 is 1.92 bits per heavy atom. The van der Waals surface area contributed by atoms with Crippen molar-refractivity contribution in [1.29, 1.82) is 0 Å². The number of nitrogen functional groups attached to an aromatic ring is 1. The van der Waals surface area contributed by atoms with Crippen molar-refractivity contribution < 1.29 is 18.7 Å². The molecule has 0 aliphatic heterocycles. The predicted octanol–water partition coefficient (Wildman–Crippen LogP) is 0.235. The minimum absolute atomic E-state index is 0.0879. The Labute approximate surface area is 71.2 Å². The Morgan fingerprint density at radius 1 is 1.46 bits per heavy atom. The zero-order valence-corrected chi connectivity index (χ0v) is 6.24. The first-order valence-electron chi connectivity index (χ1n) is 3.14. The number of halogens is 2. The number of nitrogens with zero attached hydrogens (tertiary/aromatic N) is 2. The number of hydrogen-bond acceptors (Lipinski definition) is 4. The summed E-state index contributed by atoms with van der Waals surface area (Å²) in [6.07, 6.45) is 1.83. The molecule has 1 aromatic heterocycles. The summed E-state index contributed by atoms with van der Waals surface area (Å²) in [5.41, 5.74) is 5.22. The van der Waals surface area contributed by atoms with E-state index in [-0.39, 0.29) is 5.69 Å². The highest BCUT2D eigenvalue weighted by molar-refractivity contribution is 5.75. The molecule has 3 N–H and O–H groups in total. The van der Waals surface area contributed by atoms with Gasteiger partial charge in [0.2, 0.25) is 5.82 Å². The minimum Gasteiger partial charge on any atom is -0.476 e. The number of anilines is 1. The monoisotopic (exact) mass is 189 g/mol. The van der Waals surface area contributed by atoms with E-state index < -0.39 is 17.7 Å². The molecule has 0 amide bonds. The first-order chi connectivity index (χ1) is 5.94. The van der Waals surface area contributed by atoms with E-state index in [0.29, 0.717) is 0 Å². The molecule has 0 aromatic carbocycles. The first kappa shape index (κ1) is 9.30. The number of nitrogens with two attached hydrogens (primary N) is 1. The topological polar surface area (TPSA) is 89.1 Å². The number of alkyl halides is 2. The van der Waals surface area contributed by atoms with Gasteiger partial charge in [0.05, 0.1) is 18.1 Å². The second-order valence-corrected chi connectivity index (χ2v) is 2.22. The molecule has 0 fully saturated rings. The van der Waals surface area contributed by atoms with E-state index >= 15 is 0 Å². The van der Waals surface area contributed by atoms with Gasteiger partial charge in [-0.25, -0.2) is 14.8 Å². The summed E-state index contributed by atoms with van der Waals surface area (Å²) < 4.78 is 25.3. The molecule has 1 rings (SSSR count). The summed E-state index contributed by atoms with van der Waals surface area (Å²) in [7, 11) is 0. The van der Waals surface area contributed by atoms with Crippen LogP contribution in [0.25, 0.3) is 0 Å². The number of rotatable bonds is 2. The van der Waals surface area contributed by atoms with Crippen LogP contribution >= 0.6 is 0 Å². The van der Waals surface area contributed by atoms with E-state index in [1.54, 1.807) is 0 Å². The molecule has 0 bridgehead atoms. The quantitative estimate of drug-likeness (QED) is 0.695. The highest BCUT2D eigenvalue weighted by atomic mass is 19.3. The molecule has 1 heterocycles. The maximum Gasteiger partial charge on any atom is 0.400 e. The normalized spacial score (nSPS) is 11.2. The fraction of sp³-hybridized carbons (Fsp3) is 0.167. The van der Waals surface area contributed by atoms with Crippen LogP contribution < -0.4 is 5.73 Å². The van der Waals surface area contributed by atoms with Crippen molar-refractivity contribution in [3.63, 3.8) is 0 Å². The number of aromatic nitrogens is 2. The minimum atomic E-state index is -4.08. The van der Waals surface area contributed by atoms with Crippen LogP contribution in [0.4, 0.5) is 14.5 Å². The average Bonchev–Trinajstić information content (AvgIpc) is 2.04. The van der Waals surface area contributed by atoms with Crippen LogP contribution in [0.5, 0.6) is 0 Å². The van der Waals surface area contributed by atoms with Crippen LogP contribution in [0, 0.1) is 0 Å². The highest BCUT2D eigenvalue weighted by Crippen LogP contribution is 2.24. The lowest BCUT2D eigenvalue weighted by Gasteiger charge is -2.08. The Balaban J connectivity index is 3.08. The van der Waals surface area contributed by atoms with Crippen LogP contribution in [-0.4, -0.2) is 21.0 Å². The van der Waals surface area contributed by atoms with E-state index in [1.807, 2.05) is 0 Å². The molecular weight excluding hydrogens is 184 g/mol. The second kappa shape index (κ2) is 2.92. The Kier molecular flexibility index (Phi) is 2.09. The molecule has 0 radical (unpaired) electrons. The summed E-state index contributed by atoms with van der Waals surface area (Å²) in [6, 6.07) is 0.